The molecule has 18 rings (SSSR count). The first-order chi connectivity index (χ1) is 50.1. The first kappa shape index (κ1) is 63.3. The van der Waals surface area contributed by atoms with Crippen molar-refractivity contribution in [3.8, 4) is 78.9 Å². The summed E-state index contributed by atoms with van der Waals surface area (Å²) in [5.41, 5.74) is 6.92. The highest BCUT2D eigenvalue weighted by Gasteiger charge is 2.36. The van der Waals surface area contributed by atoms with Gasteiger partial charge in [0.05, 0.1) is 101 Å². The number of benzene rings is 11. The SMILES string of the molecule is FC(F)(F)c1ccc2c(c1)c1ccccc1n2-c1ccncc1-c1ccc(-c2cc(-c3ccc(-c4cnccc4-n4c5ccccc5c5cc(C(F)(F)F)ccc54)c(-n4c5ccccc5c5cc(C(F)(F)F)ccc54)c3)nc(-c3ccccc3)n2)cc1-n1c2ccccc2c2cc(C(F)(F)F)ccc21. The maximum atomic E-state index is 14.8. The van der Waals surface area contributed by atoms with E-state index in [1.807, 2.05) is 109 Å². The molecule has 11 aromatic carbocycles. The lowest BCUT2D eigenvalue weighted by atomic mass is 9.97. The van der Waals surface area contributed by atoms with E-state index in [-0.39, 0.29) is 5.82 Å². The molecule has 0 spiro atoms. The van der Waals surface area contributed by atoms with Crippen molar-refractivity contribution in [2.75, 3.05) is 0 Å². The van der Waals surface area contributed by atoms with Crippen LogP contribution >= 0.6 is 0 Å². The Hall–Kier alpha value is -12.8. The smallest absolute Gasteiger partial charge is 0.309 e. The van der Waals surface area contributed by atoms with Gasteiger partial charge in [-0.3, -0.25) is 9.97 Å². The van der Waals surface area contributed by atoms with E-state index in [2.05, 4.69) is 9.97 Å². The fourth-order valence-corrected chi connectivity index (χ4v) is 14.9. The number of alkyl halides is 12. The average Bonchev–Trinajstić information content (AvgIpc) is 1.55. The molecule has 18 aromatic rings. The number of para-hydroxylation sites is 4. The summed E-state index contributed by atoms with van der Waals surface area (Å²) in [7, 11) is 0. The molecule has 7 aromatic heterocycles. The number of rotatable bonds is 9. The van der Waals surface area contributed by atoms with Gasteiger partial charge in [-0.1, -0.05) is 127 Å². The first-order valence-electron chi connectivity index (χ1n) is 32.7. The summed E-state index contributed by atoms with van der Waals surface area (Å²) < 4.78 is 183. The molecular weight excluding hydrogens is 1350 g/mol. The molecule has 0 saturated carbocycles. The van der Waals surface area contributed by atoms with Crippen molar-refractivity contribution in [1.29, 1.82) is 0 Å². The maximum absolute atomic E-state index is 14.8. The van der Waals surface area contributed by atoms with Crippen molar-refractivity contribution < 1.29 is 52.7 Å². The van der Waals surface area contributed by atoms with E-state index in [9.17, 15) is 52.7 Å². The van der Waals surface area contributed by atoms with Crippen LogP contribution in [0.1, 0.15) is 22.3 Å². The zero-order chi connectivity index (χ0) is 71.3. The van der Waals surface area contributed by atoms with Crippen LogP contribution in [0.2, 0.25) is 0 Å². The largest absolute Gasteiger partial charge is 0.416 e. The van der Waals surface area contributed by atoms with Gasteiger partial charge in [0.1, 0.15) is 0 Å². The Balaban J connectivity index is 0.892. The van der Waals surface area contributed by atoms with Gasteiger partial charge < -0.3 is 18.3 Å². The van der Waals surface area contributed by atoms with Crippen molar-refractivity contribution in [2.24, 2.45) is 0 Å². The van der Waals surface area contributed by atoms with Gasteiger partial charge in [-0.2, -0.15) is 52.7 Å². The molecule has 20 heteroatoms. The number of pyridine rings is 2. The van der Waals surface area contributed by atoms with Crippen LogP contribution in [0.25, 0.3) is 166 Å². The Morgan fingerprint density at radius 2 is 0.529 bits per heavy atom. The molecule has 0 aliphatic rings. The topological polar surface area (TPSA) is 71.3 Å². The Labute approximate surface area is 580 Å². The van der Waals surface area contributed by atoms with Gasteiger partial charge in [0.15, 0.2) is 5.82 Å². The number of aromatic nitrogens is 8. The molecule has 0 aliphatic heterocycles. The van der Waals surface area contributed by atoms with Crippen molar-refractivity contribution in [3.63, 3.8) is 0 Å². The normalized spacial score (nSPS) is 12.6. The minimum Gasteiger partial charge on any atom is -0.309 e. The van der Waals surface area contributed by atoms with Crippen LogP contribution in [-0.2, 0) is 24.7 Å². The zero-order valence-corrected chi connectivity index (χ0v) is 53.7. The number of hydrogen-bond acceptors (Lipinski definition) is 4. The molecule has 506 valence electrons. The minimum absolute atomic E-state index is 0.270. The van der Waals surface area contributed by atoms with Gasteiger partial charge in [-0.15, -0.1) is 0 Å². The minimum atomic E-state index is -4.70. The van der Waals surface area contributed by atoms with Crippen molar-refractivity contribution >= 4 is 87.2 Å². The molecule has 0 amide bonds. The molecule has 0 unspecified atom stereocenters. The molecule has 0 fully saturated rings. The van der Waals surface area contributed by atoms with Crippen molar-refractivity contribution in [1.82, 2.24) is 38.2 Å². The van der Waals surface area contributed by atoms with E-state index in [1.165, 1.54) is 24.3 Å². The van der Waals surface area contributed by atoms with Gasteiger partial charge in [-0.05, 0) is 127 Å². The number of halogens is 12. The second-order valence-corrected chi connectivity index (χ2v) is 25.4. The molecule has 104 heavy (non-hydrogen) atoms. The van der Waals surface area contributed by atoms with E-state index in [0.717, 1.165) is 48.5 Å². The van der Waals surface area contributed by atoms with Gasteiger partial charge in [-0.25, -0.2) is 9.97 Å². The van der Waals surface area contributed by atoms with Crippen LogP contribution in [0.3, 0.4) is 0 Å². The first-order valence-corrected chi connectivity index (χ1v) is 32.7. The molecule has 0 aliphatic carbocycles. The Kier molecular flexibility index (Phi) is 14.2. The van der Waals surface area contributed by atoms with Crippen LogP contribution < -0.4 is 0 Å². The predicted molar refractivity (Wildman–Crippen MR) is 382 cm³/mol. The Morgan fingerprint density at radius 3 is 0.856 bits per heavy atom. The van der Waals surface area contributed by atoms with E-state index in [0.29, 0.717) is 160 Å². The predicted octanol–water partition coefficient (Wildman–Crippen LogP) is 24.1. The van der Waals surface area contributed by atoms with Crippen LogP contribution in [0.15, 0.2) is 280 Å². The van der Waals surface area contributed by atoms with Crippen LogP contribution in [0.5, 0.6) is 0 Å². The highest BCUT2D eigenvalue weighted by molar-refractivity contribution is 6.14. The molecule has 0 N–H and O–H groups in total. The standard InChI is InChI=1S/C84H46F12N8/c85-81(86,87)50-24-30-72-60(40-50)54-14-4-8-18-68(54)101(72)76-34-36-97-45-64(76)58-28-22-48(38-78(58)103-70-20-10-6-16-56(70)62-42-52(83(91,92)93)26-32-74(62)103)66-44-67(100-80(99-66)47-12-2-1-3-13-47)49-23-29-59(79(39-49)104-71-21-11-7-17-57(71)63-43-53(84(94,95)96)27-33-75(63)104)65-46-98-37-35-77(65)102-69-19-9-5-15-55(69)61-41-51(82(88,89)90)25-31-73(61)102/h1-46H. The molecule has 0 atom stereocenters. The molecule has 8 nitrogen and oxygen atoms in total. The van der Waals surface area contributed by atoms with Crippen LogP contribution in [0.4, 0.5) is 52.7 Å². The Morgan fingerprint density at radius 1 is 0.231 bits per heavy atom. The van der Waals surface area contributed by atoms with Gasteiger partial charge in [0.25, 0.3) is 0 Å². The van der Waals surface area contributed by atoms with E-state index >= 15 is 0 Å². The van der Waals surface area contributed by atoms with Crippen LogP contribution in [0, 0.1) is 0 Å². The molecule has 0 saturated heterocycles. The monoisotopic (exact) mass is 1390 g/mol. The van der Waals surface area contributed by atoms with E-state index in [1.54, 1.807) is 116 Å². The number of hydrogen-bond donors (Lipinski definition) is 0. The second kappa shape index (κ2) is 23.4. The lowest BCUT2D eigenvalue weighted by Gasteiger charge is -2.20. The molecule has 0 bridgehead atoms. The fourth-order valence-electron chi connectivity index (χ4n) is 14.9. The summed E-state index contributed by atoms with van der Waals surface area (Å²) in [5.74, 6) is 0.270. The van der Waals surface area contributed by atoms with Gasteiger partial charge >= 0.3 is 24.7 Å². The fraction of sp³-hybridized carbons (Fsp3) is 0.0476. The summed E-state index contributed by atoms with van der Waals surface area (Å²) in [6.45, 7) is 0. The zero-order valence-electron chi connectivity index (χ0n) is 53.7. The van der Waals surface area contributed by atoms with Crippen molar-refractivity contribution in [3.05, 3.63) is 302 Å². The third kappa shape index (κ3) is 10.3. The van der Waals surface area contributed by atoms with E-state index in [4.69, 9.17) is 9.97 Å². The van der Waals surface area contributed by atoms with E-state index < -0.39 is 47.0 Å². The maximum Gasteiger partial charge on any atom is 0.416 e. The summed E-state index contributed by atoms with van der Waals surface area (Å²) >= 11 is 0. The average molecular weight is 1400 g/mol. The summed E-state index contributed by atoms with van der Waals surface area (Å²) in [4.78, 5) is 19.8. The van der Waals surface area contributed by atoms with Gasteiger partial charge in [0.2, 0.25) is 0 Å². The van der Waals surface area contributed by atoms with Crippen LogP contribution in [-0.4, -0.2) is 38.2 Å². The lowest BCUT2D eigenvalue weighted by Crippen LogP contribution is -2.05. The number of nitrogens with zero attached hydrogens (tertiary/aromatic N) is 8. The molecule has 0 radical (unpaired) electrons. The summed E-state index contributed by atoms with van der Waals surface area (Å²) in [6.07, 6.45) is -12.3. The second-order valence-electron chi connectivity index (χ2n) is 25.4. The van der Waals surface area contributed by atoms with Crippen molar-refractivity contribution in [2.45, 2.75) is 24.7 Å². The Bertz CT molecular complexity index is 6200. The third-order valence-corrected chi connectivity index (χ3v) is 19.5. The molecule has 7 heterocycles. The summed E-state index contributed by atoms with van der Waals surface area (Å²) in [5, 5.41) is 3.40. The highest BCUT2D eigenvalue weighted by atomic mass is 19.4. The molecular formula is C84H46F12N8. The third-order valence-electron chi connectivity index (χ3n) is 19.5. The number of fused-ring (bicyclic) bond motifs is 12. The lowest BCUT2D eigenvalue weighted by molar-refractivity contribution is -0.138. The quantitative estimate of drug-likeness (QED) is 0.135. The van der Waals surface area contributed by atoms with Gasteiger partial charge in [0, 0.05) is 107 Å². The summed E-state index contributed by atoms with van der Waals surface area (Å²) in [6, 6.07) is 68.4. The highest BCUT2D eigenvalue weighted by Crippen LogP contribution is 2.48.